The molecule has 0 bridgehead atoms. The number of aromatic amines is 1. The molecule has 0 aliphatic heterocycles. The van der Waals surface area contributed by atoms with Crippen molar-refractivity contribution in [2.24, 2.45) is 22.9 Å². The Hall–Kier alpha value is -4.82. The molecule has 0 aliphatic carbocycles. The van der Waals surface area contributed by atoms with E-state index in [1.165, 1.54) is 6.92 Å². The van der Waals surface area contributed by atoms with E-state index in [4.69, 9.17) is 39.3 Å². The molecule has 1 heterocycles. The summed E-state index contributed by atoms with van der Waals surface area (Å²) in [5, 5.41) is 14.3. The van der Waals surface area contributed by atoms with Crippen LogP contribution in [0.5, 0.6) is 5.75 Å². The van der Waals surface area contributed by atoms with Gasteiger partial charge < -0.3 is 53.7 Å². The molecule has 5 atom stereocenters. The van der Waals surface area contributed by atoms with Crippen LogP contribution in [0.2, 0.25) is 5.02 Å². The lowest BCUT2D eigenvalue weighted by Crippen LogP contribution is -2.58. The summed E-state index contributed by atoms with van der Waals surface area (Å²) in [6.45, 7) is 3.42. The first-order valence-electron chi connectivity index (χ1n) is 23.0. The van der Waals surface area contributed by atoms with Gasteiger partial charge in [-0.1, -0.05) is 24.4 Å². The van der Waals surface area contributed by atoms with E-state index in [2.05, 4.69) is 37.1 Å². The van der Waals surface area contributed by atoms with Crippen LogP contribution in [0.1, 0.15) is 103 Å². The Morgan fingerprint density at radius 1 is 0.631 bits per heavy atom. The number of nitrogens with one attached hydrogen (secondary N) is 7. The van der Waals surface area contributed by atoms with Crippen molar-refractivity contribution in [3.63, 3.8) is 0 Å². The van der Waals surface area contributed by atoms with E-state index < -0.39 is 59.5 Å². The number of carbonyl (C=O) groups is 6. The highest BCUT2D eigenvalue weighted by atomic mass is 35.5. The highest BCUT2D eigenvalue weighted by Crippen LogP contribution is 2.32. The molecule has 3 amide bonds. The molecule has 18 nitrogen and oxygen atoms in total. The summed E-state index contributed by atoms with van der Waals surface area (Å²) in [6, 6.07) is 6.49. The molecular weight excluding hydrogens is 854 g/mol. The Morgan fingerprint density at radius 3 is 1.72 bits per heavy atom. The SMILES string of the molecule is COc1ccc2[nH+]c3cc(Cl)ccc3c(NCCCCC(NC(C)=O)C(=O)N[C@@H](CCCCN)C(=O)C(=O)[C@@H](CCCCN)NC(=O)[C@@H](CCCCN)NN[C@H](C=O)CCCCN)c2c1. The Morgan fingerprint density at radius 2 is 1.17 bits per heavy atom. The first kappa shape index (κ1) is 54.5. The van der Waals surface area contributed by atoms with Crippen LogP contribution < -0.4 is 64.8 Å². The zero-order chi connectivity index (χ0) is 47.6. The number of hydrogen-bond donors (Lipinski definition) is 10. The number of benzene rings is 2. The fraction of sp³-hybridized carbons (Fsp3) is 0.587. The second kappa shape index (κ2) is 30.4. The van der Waals surface area contributed by atoms with Crippen molar-refractivity contribution in [3.05, 3.63) is 41.4 Å². The van der Waals surface area contributed by atoms with Gasteiger partial charge in [0.15, 0.2) is 0 Å². The first-order chi connectivity index (χ1) is 31.4. The minimum absolute atomic E-state index is 0.116. The highest BCUT2D eigenvalue weighted by Gasteiger charge is 2.35. The van der Waals surface area contributed by atoms with Crippen LogP contribution in [0.4, 0.5) is 5.69 Å². The molecule has 0 aliphatic rings. The lowest BCUT2D eigenvalue weighted by molar-refractivity contribution is -0.310. The van der Waals surface area contributed by atoms with Gasteiger partial charge in [-0.3, -0.25) is 24.0 Å². The maximum atomic E-state index is 14.1. The van der Waals surface area contributed by atoms with Gasteiger partial charge in [0.05, 0.1) is 47.7 Å². The molecule has 3 rings (SSSR count). The number of nitrogens with two attached hydrogens (primary N) is 4. The van der Waals surface area contributed by atoms with Crippen LogP contribution in [-0.4, -0.2) is 106 Å². The average Bonchev–Trinajstić information content (AvgIpc) is 3.29. The fourth-order valence-corrected chi connectivity index (χ4v) is 7.72. The van der Waals surface area contributed by atoms with E-state index >= 15 is 0 Å². The van der Waals surface area contributed by atoms with Gasteiger partial charge >= 0.3 is 0 Å². The first-order valence-corrected chi connectivity index (χ1v) is 23.4. The lowest BCUT2D eigenvalue weighted by atomic mass is 9.94. The topological polar surface area (TPSA) is 302 Å². The van der Waals surface area contributed by atoms with E-state index in [0.717, 1.165) is 40.2 Å². The van der Waals surface area contributed by atoms with Crippen molar-refractivity contribution in [1.82, 2.24) is 26.8 Å². The number of rotatable bonds is 35. The minimum Gasteiger partial charge on any atom is -0.497 e. The number of unbranched alkanes of at least 4 members (excludes halogenated alkanes) is 5. The zero-order valence-electron chi connectivity index (χ0n) is 38.1. The van der Waals surface area contributed by atoms with Crippen molar-refractivity contribution in [2.75, 3.05) is 45.2 Å². The molecule has 1 aromatic heterocycles. The molecule has 19 heteroatoms. The Labute approximate surface area is 387 Å². The Kier molecular flexibility index (Phi) is 25.5. The summed E-state index contributed by atoms with van der Waals surface area (Å²) >= 11 is 6.32. The molecule has 0 spiro atoms. The molecule has 1 unspecified atom stereocenters. The van der Waals surface area contributed by atoms with Crippen molar-refractivity contribution < 1.29 is 38.5 Å². The standard InChI is InChI=1S/C46H72ClN11O7/c1-30(60)53-39(16-7-12-26-52-42-34-20-18-31(47)27-41(34)54-36-21-19-33(65-2)28-35(36)42)45(63)55-37(14-4-9-23-49)43(61)44(62)38(15-5-10-24-50)56-46(64)40(17-6-11-25-51)58-57-32(29-59)13-3-8-22-48/h18-21,27-29,32,37-40,57-58H,3-17,22-26,48-51H2,1-2H3,(H,52,54)(H,53,60)(H,55,63)(H,56,64)/p+1/t32-,37-,38+,39?,40+/m0/s1. The third-order valence-corrected chi connectivity index (χ3v) is 11.4. The lowest BCUT2D eigenvalue weighted by Gasteiger charge is -2.26. The maximum Gasteiger partial charge on any atom is 0.243 e. The monoisotopic (exact) mass is 927 g/mol. The van der Waals surface area contributed by atoms with E-state index in [1.54, 1.807) is 7.11 Å². The summed E-state index contributed by atoms with van der Waals surface area (Å²) in [4.78, 5) is 83.6. The number of carbonyl (C=O) groups excluding carboxylic acids is 6. The minimum atomic E-state index is -1.24. The van der Waals surface area contributed by atoms with Crippen molar-refractivity contribution >= 4 is 74.7 Å². The van der Waals surface area contributed by atoms with Crippen LogP contribution in [0.15, 0.2) is 36.4 Å². The molecule has 65 heavy (non-hydrogen) atoms. The van der Waals surface area contributed by atoms with Crippen LogP contribution in [-0.2, 0) is 28.8 Å². The third-order valence-electron chi connectivity index (χ3n) is 11.2. The second-order valence-electron chi connectivity index (χ2n) is 16.3. The van der Waals surface area contributed by atoms with Crippen LogP contribution in [0.3, 0.4) is 0 Å². The number of H-pyrrole nitrogens is 1. The Bertz CT molecular complexity index is 1990. The normalized spacial score (nSPS) is 13.6. The van der Waals surface area contributed by atoms with Gasteiger partial charge in [0.1, 0.15) is 18.1 Å². The van der Waals surface area contributed by atoms with Gasteiger partial charge in [-0.25, -0.2) is 15.8 Å². The number of halogens is 1. The predicted octanol–water partition coefficient (Wildman–Crippen LogP) is 2.21. The summed E-state index contributed by atoms with van der Waals surface area (Å²) in [5.41, 5.74) is 31.4. The van der Waals surface area contributed by atoms with Crippen molar-refractivity contribution in [1.29, 1.82) is 0 Å². The zero-order valence-corrected chi connectivity index (χ0v) is 38.9. The number of fused-ring (bicyclic) bond motifs is 2. The number of ether oxygens (including phenoxy) is 1. The quantitative estimate of drug-likeness (QED) is 0.0133. The van der Waals surface area contributed by atoms with Gasteiger partial charge in [0.2, 0.25) is 40.3 Å². The number of hydrogen-bond acceptors (Lipinski definition) is 14. The van der Waals surface area contributed by atoms with Gasteiger partial charge in [0, 0.05) is 30.6 Å². The van der Waals surface area contributed by atoms with Gasteiger partial charge in [-0.15, -0.1) is 0 Å². The number of ketones is 2. The van der Waals surface area contributed by atoms with Gasteiger partial charge in [-0.2, -0.15) is 0 Å². The number of pyridine rings is 1. The highest BCUT2D eigenvalue weighted by molar-refractivity contribution is 6.41. The number of hydrazine groups is 1. The summed E-state index contributed by atoms with van der Waals surface area (Å²) in [7, 11) is 1.61. The van der Waals surface area contributed by atoms with Crippen LogP contribution in [0, 0.1) is 0 Å². The van der Waals surface area contributed by atoms with E-state index in [9.17, 15) is 28.8 Å². The molecule has 0 saturated carbocycles. The summed E-state index contributed by atoms with van der Waals surface area (Å²) in [5.74, 6) is -2.62. The number of Topliss-reactive ketones (excluding diaryl/α,β-unsaturated/α-hetero) is 2. The number of anilines is 1. The largest absolute Gasteiger partial charge is 0.497 e. The second-order valence-corrected chi connectivity index (χ2v) is 16.8. The van der Waals surface area contributed by atoms with Crippen LogP contribution in [0.25, 0.3) is 21.8 Å². The van der Waals surface area contributed by atoms with Crippen LogP contribution >= 0.6 is 11.6 Å². The number of aromatic nitrogens is 1. The predicted molar refractivity (Wildman–Crippen MR) is 255 cm³/mol. The number of aldehydes is 1. The van der Waals surface area contributed by atoms with E-state index in [1.807, 2.05) is 36.4 Å². The molecule has 0 radical (unpaired) electrons. The van der Waals surface area contributed by atoms with Crippen molar-refractivity contribution in [2.45, 2.75) is 133 Å². The molecule has 360 valence electrons. The molecule has 15 N–H and O–H groups in total. The number of amides is 3. The third kappa shape index (κ3) is 18.5. The van der Waals surface area contributed by atoms with Gasteiger partial charge in [-0.05, 0) is 134 Å². The maximum absolute atomic E-state index is 14.1. The average molecular weight is 928 g/mol. The molecule has 3 aromatic rings. The Balaban J connectivity index is 1.76. The molecule has 0 saturated heterocycles. The summed E-state index contributed by atoms with van der Waals surface area (Å²) < 4.78 is 5.49. The molecule has 2 aromatic carbocycles. The molecule has 0 fully saturated rings. The fourth-order valence-electron chi connectivity index (χ4n) is 7.55. The molecular formula is C46H73ClN11O7+. The number of methoxy groups -OCH3 is 1. The van der Waals surface area contributed by atoms with E-state index in [0.29, 0.717) is 114 Å². The summed E-state index contributed by atoms with van der Waals surface area (Å²) in [6.07, 6.45) is 7.87. The van der Waals surface area contributed by atoms with Gasteiger partial charge in [0.25, 0.3) is 0 Å². The smallest absolute Gasteiger partial charge is 0.243 e. The van der Waals surface area contributed by atoms with E-state index in [-0.39, 0.29) is 19.3 Å². The van der Waals surface area contributed by atoms with Crippen molar-refractivity contribution in [3.8, 4) is 5.75 Å².